The van der Waals surface area contributed by atoms with Crippen molar-refractivity contribution >= 4 is 21.8 Å². The summed E-state index contributed by atoms with van der Waals surface area (Å²) >= 11 is 3.40. The van der Waals surface area contributed by atoms with Crippen molar-refractivity contribution in [3.63, 3.8) is 0 Å². The number of likely N-dealkylation sites (N-methyl/N-ethyl adjacent to an activating group) is 1. The van der Waals surface area contributed by atoms with E-state index < -0.39 is 0 Å². The molecule has 0 bridgehead atoms. The molecule has 3 atom stereocenters. The molecule has 2 aliphatic heterocycles. The Balaban J connectivity index is 1.80. The third-order valence-corrected chi connectivity index (χ3v) is 6.32. The van der Waals surface area contributed by atoms with Crippen LogP contribution >= 0.6 is 15.9 Å². The smallest absolute Gasteiger partial charge is 0.259 e. The van der Waals surface area contributed by atoms with E-state index in [4.69, 9.17) is 9.47 Å². The zero-order valence-corrected chi connectivity index (χ0v) is 19.1. The van der Waals surface area contributed by atoms with Crippen LogP contribution in [0, 0.1) is 11.8 Å². The molecule has 3 rings (SSSR count). The number of aliphatic hydroxyl groups excluding tert-OH is 1. The molecule has 0 unspecified atom stereocenters. The fourth-order valence-electron chi connectivity index (χ4n) is 4.05. The van der Waals surface area contributed by atoms with Crippen LogP contribution in [0.5, 0.6) is 5.88 Å². The lowest BCUT2D eigenvalue weighted by atomic mass is 9.98. The van der Waals surface area contributed by atoms with Gasteiger partial charge in [0.05, 0.1) is 12.6 Å². The quantitative estimate of drug-likeness (QED) is 0.689. The van der Waals surface area contributed by atoms with Gasteiger partial charge in [-0.2, -0.15) is 0 Å². The summed E-state index contributed by atoms with van der Waals surface area (Å²) in [5.74, 6) is 0.954. The second kappa shape index (κ2) is 10.2. The van der Waals surface area contributed by atoms with Gasteiger partial charge in [-0.25, -0.2) is 4.98 Å². The molecule has 1 aromatic heterocycles. The molecule has 0 radical (unpaired) electrons. The van der Waals surface area contributed by atoms with Crippen LogP contribution in [0.4, 0.5) is 0 Å². The predicted octanol–water partition coefficient (Wildman–Crippen LogP) is 2.42. The Morgan fingerprint density at radius 2 is 2.10 bits per heavy atom. The van der Waals surface area contributed by atoms with Crippen molar-refractivity contribution in [3.05, 3.63) is 22.3 Å². The number of pyridine rings is 1. The summed E-state index contributed by atoms with van der Waals surface area (Å²) in [6, 6.07) is 1.48. The van der Waals surface area contributed by atoms with Crippen LogP contribution in [-0.4, -0.2) is 84.4 Å². The summed E-state index contributed by atoms with van der Waals surface area (Å²) in [7, 11) is 2.12. The number of carbonyl (C=O) groups is 1. The first-order valence-electron chi connectivity index (χ1n) is 10.4. The van der Waals surface area contributed by atoms with Crippen molar-refractivity contribution in [2.24, 2.45) is 11.8 Å². The fourth-order valence-corrected chi connectivity index (χ4v) is 4.38. The number of halogens is 1. The number of hydrogen-bond donors (Lipinski definition) is 1. The Bertz CT molecular complexity index is 699. The van der Waals surface area contributed by atoms with Crippen LogP contribution in [0.15, 0.2) is 16.7 Å². The van der Waals surface area contributed by atoms with Gasteiger partial charge in [0.25, 0.3) is 5.91 Å². The van der Waals surface area contributed by atoms with E-state index in [1.54, 1.807) is 17.2 Å². The lowest BCUT2D eigenvalue weighted by Crippen LogP contribution is -2.50. The summed E-state index contributed by atoms with van der Waals surface area (Å²) < 4.78 is 12.5. The third-order valence-electron chi connectivity index (χ3n) is 5.89. The van der Waals surface area contributed by atoms with Gasteiger partial charge in [-0.15, -0.1) is 0 Å². The highest BCUT2D eigenvalue weighted by atomic mass is 79.9. The Labute approximate surface area is 181 Å². The average Bonchev–Trinajstić information content (AvgIpc) is 2.71. The van der Waals surface area contributed by atoms with Gasteiger partial charge in [-0.1, -0.05) is 6.92 Å². The van der Waals surface area contributed by atoms with Crippen LogP contribution in [0.25, 0.3) is 0 Å². The number of carbonyl (C=O) groups excluding carboxylic acids is 1. The van der Waals surface area contributed by atoms with Gasteiger partial charge in [0, 0.05) is 49.4 Å². The molecule has 1 aromatic rings. The number of hydrogen-bond acceptors (Lipinski definition) is 6. The number of amides is 1. The van der Waals surface area contributed by atoms with Crippen molar-refractivity contribution in [1.29, 1.82) is 0 Å². The summed E-state index contributed by atoms with van der Waals surface area (Å²) in [5.41, 5.74) is 0.434. The summed E-state index contributed by atoms with van der Waals surface area (Å²) in [4.78, 5) is 21.6. The molecule has 2 aliphatic rings. The predicted molar refractivity (Wildman–Crippen MR) is 114 cm³/mol. The van der Waals surface area contributed by atoms with E-state index >= 15 is 0 Å². The minimum absolute atomic E-state index is 0.0790. The first-order chi connectivity index (χ1) is 13.9. The monoisotopic (exact) mass is 469 g/mol. The number of rotatable bonds is 6. The van der Waals surface area contributed by atoms with E-state index in [-0.39, 0.29) is 30.6 Å². The number of ether oxygens (including phenoxy) is 2. The first kappa shape index (κ1) is 22.5. The Morgan fingerprint density at radius 1 is 1.38 bits per heavy atom. The van der Waals surface area contributed by atoms with Crippen LogP contribution in [0.1, 0.15) is 37.0 Å². The molecular formula is C21H32BrN3O4. The molecule has 0 aromatic carbocycles. The molecular weight excluding hydrogens is 438 g/mol. The lowest BCUT2D eigenvalue weighted by Gasteiger charge is -2.38. The van der Waals surface area contributed by atoms with Gasteiger partial charge in [-0.3, -0.25) is 4.79 Å². The van der Waals surface area contributed by atoms with Gasteiger partial charge in [0.15, 0.2) is 0 Å². The number of nitrogens with zero attached hydrogens (tertiary/aromatic N) is 3. The third kappa shape index (κ3) is 5.69. The highest BCUT2D eigenvalue weighted by molar-refractivity contribution is 9.10. The molecule has 1 saturated heterocycles. The lowest BCUT2D eigenvalue weighted by molar-refractivity contribution is 0.0254. The van der Waals surface area contributed by atoms with E-state index in [9.17, 15) is 9.90 Å². The van der Waals surface area contributed by atoms with Crippen LogP contribution in [-0.2, 0) is 4.74 Å². The highest BCUT2D eigenvalue weighted by Gasteiger charge is 2.34. The van der Waals surface area contributed by atoms with Crippen LogP contribution < -0.4 is 4.74 Å². The van der Waals surface area contributed by atoms with Crippen molar-refractivity contribution in [1.82, 2.24) is 14.8 Å². The van der Waals surface area contributed by atoms with E-state index in [0.717, 1.165) is 43.6 Å². The van der Waals surface area contributed by atoms with Gasteiger partial charge in [-0.05, 0) is 54.7 Å². The molecule has 1 N–H and O–H groups in total. The van der Waals surface area contributed by atoms with Crippen LogP contribution in [0.2, 0.25) is 0 Å². The summed E-state index contributed by atoms with van der Waals surface area (Å²) in [6.45, 7) is 7.87. The standard InChI is InChI=1S/C21H32BrN3O4/c1-14-10-25(15(2)13-26)21(27)18-8-17(22)9-23-20(18)29-19(14)12-24(3)11-16-4-6-28-7-5-16/h8-9,14-16,19,26H,4-7,10-13H2,1-3H3/t14-,15+,19+/m1/s1. The van der Waals surface area contributed by atoms with Gasteiger partial charge >= 0.3 is 0 Å². The molecule has 8 heteroatoms. The summed E-state index contributed by atoms with van der Waals surface area (Å²) in [6.07, 6.45) is 3.75. The average molecular weight is 470 g/mol. The largest absolute Gasteiger partial charge is 0.472 e. The minimum atomic E-state index is -0.268. The molecule has 0 spiro atoms. The maximum atomic E-state index is 13.1. The first-order valence-corrected chi connectivity index (χ1v) is 11.2. The van der Waals surface area contributed by atoms with Crippen molar-refractivity contribution < 1.29 is 19.4 Å². The second-order valence-corrected chi connectivity index (χ2v) is 9.32. The Morgan fingerprint density at radius 3 is 2.79 bits per heavy atom. The second-order valence-electron chi connectivity index (χ2n) is 8.41. The normalized spacial score (nSPS) is 24.6. The van der Waals surface area contributed by atoms with E-state index in [1.165, 1.54) is 0 Å². The Hall–Kier alpha value is -1.22. The minimum Gasteiger partial charge on any atom is -0.472 e. The van der Waals surface area contributed by atoms with E-state index in [1.807, 2.05) is 6.92 Å². The highest BCUT2D eigenvalue weighted by Crippen LogP contribution is 2.28. The summed E-state index contributed by atoms with van der Waals surface area (Å²) in [5, 5.41) is 9.68. The maximum Gasteiger partial charge on any atom is 0.259 e. The zero-order chi connectivity index (χ0) is 21.0. The number of aliphatic hydroxyl groups is 1. The molecule has 0 saturated carbocycles. The molecule has 162 valence electrons. The van der Waals surface area contributed by atoms with Crippen molar-refractivity contribution in [2.75, 3.05) is 46.5 Å². The maximum absolute atomic E-state index is 13.1. The topological polar surface area (TPSA) is 75.1 Å². The van der Waals surface area contributed by atoms with Crippen LogP contribution in [0.3, 0.4) is 0 Å². The Kier molecular flexibility index (Phi) is 7.90. The zero-order valence-electron chi connectivity index (χ0n) is 17.5. The van der Waals surface area contributed by atoms with Gasteiger partial charge < -0.3 is 24.4 Å². The molecule has 0 aliphatic carbocycles. The molecule has 1 amide bonds. The number of aromatic nitrogens is 1. The SMILES string of the molecule is C[C@@H]1CN([C@@H](C)CO)C(=O)c2cc(Br)cnc2O[C@H]1CN(C)CC1CCOCC1. The van der Waals surface area contributed by atoms with Gasteiger partial charge in [0.2, 0.25) is 5.88 Å². The molecule has 29 heavy (non-hydrogen) atoms. The van der Waals surface area contributed by atoms with E-state index in [0.29, 0.717) is 23.9 Å². The number of fused-ring (bicyclic) bond motifs is 1. The van der Waals surface area contributed by atoms with Crippen molar-refractivity contribution in [2.45, 2.75) is 38.8 Å². The fraction of sp³-hybridized carbons (Fsp3) is 0.714. The molecule has 7 nitrogen and oxygen atoms in total. The molecule has 3 heterocycles. The van der Waals surface area contributed by atoms with Gasteiger partial charge in [0.1, 0.15) is 11.7 Å². The van der Waals surface area contributed by atoms with E-state index in [2.05, 4.69) is 39.8 Å². The van der Waals surface area contributed by atoms with Crippen molar-refractivity contribution in [3.8, 4) is 5.88 Å². The molecule has 1 fully saturated rings.